The fourth-order valence-corrected chi connectivity index (χ4v) is 3.19. The molecule has 0 aliphatic heterocycles. The van der Waals surface area contributed by atoms with Gasteiger partial charge in [-0.25, -0.2) is 15.0 Å². The van der Waals surface area contributed by atoms with Crippen molar-refractivity contribution in [2.24, 2.45) is 5.84 Å². The lowest BCUT2D eigenvalue weighted by atomic mass is 10.3. The number of anilines is 1. The van der Waals surface area contributed by atoms with Crippen molar-refractivity contribution in [3.05, 3.63) is 46.6 Å². The van der Waals surface area contributed by atoms with Gasteiger partial charge in [-0.2, -0.15) is 0 Å². The molecule has 0 aliphatic carbocycles. The number of carbonyl (C=O) groups is 1. The number of nitrogens with one attached hydrogen (secondary N) is 2. The summed E-state index contributed by atoms with van der Waals surface area (Å²) in [6.45, 7) is 0. The Morgan fingerprint density at radius 1 is 1.50 bits per heavy atom. The molecule has 1 aromatic heterocycles. The number of amides is 2. The van der Waals surface area contributed by atoms with E-state index in [2.05, 4.69) is 21.2 Å². The van der Waals surface area contributed by atoms with Crippen LogP contribution in [0, 0.1) is 5.82 Å². The van der Waals surface area contributed by atoms with Crippen molar-refractivity contribution < 1.29 is 13.6 Å². The maximum atomic E-state index is 13.4. The summed E-state index contributed by atoms with van der Waals surface area (Å²) in [6, 6.07) is 5.56. The topological polar surface area (TPSA) is 80.3 Å². The molecule has 0 aliphatic rings. The molecular formula is C12H11BrFN3O2S. The first-order valence-corrected chi connectivity index (χ1v) is 7.30. The molecule has 1 aromatic carbocycles. The first-order chi connectivity index (χ1) is 9.60. The summed E-state index contributed by atoms with van der Waals surface area (Å²) in [5, 5.41) is 2.48. The van der Waals surface area contributed by atoms with Crippen LogP contribution in [-0.2, 0) is 5.75 Å². The van der Waals surface area contributed by atoms with Gasteiger partial charge < -0.3 is 9.73 Å². The summed E-state index contributed by atoms with van der Waals surface area (Å²) in [5.41, 5.74) is 2.26. The molecule has 1 heterocycles. The van der Waals surface area contributed by atoms with E-state index in [0.717, 1.165) is 5.76 Å². The molecule has 2 rings (SSSR count). The zero-order chi connectivity index (χ0) is 14.5. The number of carbonyl (C=O) groups excluding carboxylic acids is 1. The van der Waals surface area contributed by atoms with Crippen LogP contribution in [0.5, 0.6) is 0 Å². The fourth-order valence-electron chi connectivity index (χ4n) is 1.50. The molecule has 106 valence electrons. The van der Waals surface area contributed by atoms with E-state index in [1.54, 1.807) is 12.3 Å². The van der Waals surface area contributed by atoms with E-state index in [9.17, 15) is 9.18 Å². The van der Waals surface area contributed by atoms with Crippen LogP contribution in [0.1, 0.15) is 5.76 Å². The average molecular weight is 360 g/mol. The van der Waals surface area contributed by atoms with Crippen molar-refractivity contribution in [2.45, 2.75) is 10.6 Å². The third-order valence-electron chi connectivity index (χ3n) is 2.33. The highest BCUT2D eigenvalue weighted by Crippen LogP contribution is 2.37. The summed E-state index contributed by atoms with van der Waals surface area (Å²) >= 11 is 4.68. The Labute approximate surface area is 127 Å². The highest BCUT2D eigenvalue weighted by molar-refractivity contribution is 9.10. The first kappa shape index (κ1) is 14.9. The van der Waals surface area contributed by atoms with Gasteiger partial charge in [0.25, 0.3) is 0 Å². The number of thioether (sulfide) groups is 1. The molecule has 0 bridgehead atoms. The number of hydrogen-bond acceptors (Lipinski definition) is 4. The van der Waals surface area contributed by atoms with Gasteiger partial charge in [0.2, 0.25) is 0 Å². The Morgan fingerprint density at radius 3 is 2.95 bits per heavy atom. The molecule has 0 radical (unpaired) electrons. The van der Waals surface area contributed by atoms with Crippen LogP contribution >= 0.6 is 27.7 Å². The molecule has 8 heteroatoms. The third-order valence-corrected chi connectivity index (χ3v) is 4.37. The lowest BCUT2D eigenvalue weighted by Crippen LogP contribution is -2.34. The van der Waals surface area contributed by atoms with Crippen molar-refractivity contribution in [1.29, 1.82) is 0 Å². The molecule has 20 heavy (non-hydrogen) atoms. The lowest BCUT2D eigenvalue weighted by molar-refractivity contribution is 0.252. The molecule has 0 spiro atoms. The summed E-state index contributed by atoms with van der Waals surface area (Å²) in [5.74, 6) is 5.87. The minimum absolute atomic E-state index is 0.330. The number of hydrogen-bond donors (Lipinski definition) is 3. The van der Waals surface area contributed by atoms with Crippen molar-refractivity contribution in [3.63, 3.8) is 0 Å². The van der Waals surface area contributed by atoms with E-state index >= 15 is 0 Å². The molecule has 2 amide bonds. The Hall–Kier alpha value is -1.51. The quantitative estimate of drug-likeness (QED) is 0.338. The summed E-state index contributed by atoms with van der Waals surface area (Å²) in [4.78, 5) is 12.0. The van der Waals surface area contributed by atoms with Gasteiger partial charge in [-0.1, -0.05) is 0 Å². The van der Waals surface area contributed by atoms with E-state index in [-0.39, 0.29) is 0 Å². The van der Waals surface area contributed by atoms with E-state index in [1.165, 1.54) is 23.9 Å². The number of nitrogens with two attached hydrogens (primary N) is 1. The van der Waals surface area contributed by atoms with Gasteiger partial charge in [-0.15, -0.1) is 11.8 Å². The van der Waals surface area contributed by atoms with Crippen molar-refractivity contribution in [1.82, 2.24) is 5.43 Å². The van der Waals surface area contributed by atoms with Crippen LogP contribution in [0.3, 0.4) is 0 Å². The number of furan rings is 1. The Bertz CT molecular complexity index is 607. The molecule has 2 aromatic rings. The summed E-state index contributed by atoms with van der Waals surface area (Å²) in [6.07, 6.45) is 1.58. The number of halogens is 2. The van der Waals surface area contributed by atoms with E-state index in [0.29, 0.717) is 20.8 Å². The summed E-state index contributed by atoms with van der Waals surface area (Å²) in [7, 11) is 0. The smallest absolute Gasteiger partial charge is 0.333 e. The van der Waals surface area contributed by atoms with Gasteiger partial charge in [0.05, 0.1) is 17.7 Å². The van der Waals surface area contributed by atoms with Crippen molar-refractivity contribution in [2.75, 3.05) is 5.32 Å². The monoisotopic (exact) mass is 359 g/mol. The van der Waals surface area contributed by atoms with Crippen molar-refractivity contribution in [3.8, 4) is 0 Å². The number of rotatable bonds is 4. The highest BCUT2D eigenvalue weighted by atomic mass is 79.9. The Morgan fingerprint density at radius 2 is 2.30 bits per heavy atom. The van der Waals surface area contributed by atoms with Crippen LogP contribution in [0.4, 0.5) is 14.9 Å². The SMILES string of the molecule is NNC(=O)Nc1cc(F)cc(Br)c1SCc1ccco1. The lowest BCUT2D eigenvalue weighted by Gasteiger charge is -2.12. The molecule has 4 N–H and O–H groups in total. The van der Waals surface area contributed by atoms with Crippen LogP contribution in [0.15, 0.2) is 44.3 Å². The minimum atomic E-state index is -0.623. The van der Waals surface area contributed by atoms with Gasteiger partial charge in [0.15, 0.2) is 0 Å². The first-order valence-electron chi connectivity index (χ1n) is 5.52. The molecule has 0 saturated heterocycles. The third kappa shape index (κ3) is 3.75. The zero-order valence-corrected chi connectivity index (χ0v) is 12.6. The minimum Gasteiger partial charge on any atom is -0.468 e. The maximum Gasteiger partial charge on any atom is 0.333 e. The normalized spacial score (nSPS) is 10.3. The Balaban J connectivity index is 2.22. The fraction of sp³-hybridized carbons (Fsp3) is 0.0833. The molecule has 0 unspecified atom stereocenters. The predicted molar refractivity (Wildman–Crippen MR) is 78.7 cm³/mol. The number of benzene rings is 1. The highest BCUT2D eigenvalue weighted by Gasteiger charge is 2.13. The van der Waals surface area contributed by atoms with Gasteiger partial charge in [-0.3, -0.25) is 5.43 Å². The van der Waals surface area contributed by atoms with Crippen molar-refractivity contribution >= 4 is 39.4 Å². The van der Waals surface area contributed by atoms with E-state index in [4.69, 9.17) is 10.3 Å². The van der Waals surface area contributed by atoms with Crippen LogP contribution in [-0.4, -0.2) is 6.03 Å². The van der Waals surface area contributed by atoms with Crippen LogP contribution < -0.4 is 16.6 Å². The standard InChI is InChI=1S/C12H11BrFN3O2S/c13-9-4-7(14)5-10(16-12(18)17-15)11(9)20-6-8-2-1-3-19-8/h1-5H,6,15H2,(H2,16,17,18). The zero-order valence-electron chi connectivity index (χ0n) is 10.2. The van der Waals surface area contributed by atoms with Gasteiger partial charge in [-0.05, 0) is 40.2 Å². The molecule has 0 saturated carbocycles. The Kier molecular flexibility index (Phi) is 5.05. The average Bonchev–Trinajstić information content (AvgIpc) is 2.90. The van der Waals surface area contributed by atoms with Gasteiger partial charge >= 0.3 is 6.03 Å². The second-order valence-electron chi connectivity index (χ2n) is 3.73. The van der Waals surface area contributed by atoms with Crippen LogP contribution in [0.25, 0.3) is 0 Å². The molecule has 0 atom stereocenters. The van der Waals surface area contributed by atoms with Crippen LogP contribution in [0.2, 0.25) is 0 Å². The molecule has 5 nitrogen and oxygen atoms in total. The second kappa shape index (κ2) is 6.78. The van der Waals surface area contributed by atoms with Gasteiger partial charge in [0.1, 0.15) is 11.6 Å². The predicted octanol–water partition coefficient (Wildman–Crippen LogP) is 3.47. The number of hydrazine groups is 1. The summed E-state index contributed by atoms with van der Waals surface area (Å²) < 4.78 is 19.2. The largest absolute Gasteiger partial charge is 0.468 e. The number of urea groups is 1. The van der Waals surface area contributed by atoms with E-state index < -0.39 is 11.8 Å². The van der Waals surface area contributed by atoms with Gasteiger partial charge in [0, 0.05) is 9.37 Å². The maximum absolute atomic E-state index is 13.4. The molecular weight excluding hydrogens is 349 g/mol. The van der Waals surface area contributed by atoms with E-state index in [1.807, 2.05) is 11.5 Å². The second-order valence-corrected chi connectivity index (χ2v) is 5.57. The molecule has 0 fully saturated rings.